The van der Waals surface area contributed by atoms with Crippen LogP contribution in [0.25, 0.3) is 0 Å². The smallest absolute Gasteiger partial charge is 0.136 e. The Morgan fingerprint density at radius 3 is 2.60 bits per heavy atom. The second-order valence-electron chi connectivity index (χ2n) is 5.11. The van der Waals surface area contributed by atoms with Crippen LogP contribution in [0.3, 0.4) is 0 Å². The highest BCUT2D eigenvalue weighted by Crippen LogP contribution is 2.38. The SMILES string of the molecule is CCNc1cc(NCc2nccn2C)nc(C2CC2)n1. The minimum Gasteiger partial charge on any atom is -0.370 e. The van der Waals surface area contributed by atoms with Gasteiger partial charge in [-0.3, -0.25) is 0 Å². The summed E-state index contributed by atoms with van der Waals surface area (Å²) in [6.07, 6.45) is 6.15. The summed E-state index contributed by atoms with van der Waals surface area (Å²) in [4.78, 5) is 13.5. The average Bonchev–Trinajstić information content (AvgIpc) is 3.21. The fourth-order valence-electron chi connectivity index (χ4n) is 2.09. The largest absolute Gasteiger partial charge is 0.370 e. The average molecular weight is 272 g/mol. The third-order valence-electron chi connectivity index (χ3n) is 3.39. The molecule has 2 heterocycles. The van der Waals surface area contributed by atoms with Crippen molar-refractivity contribution in [3.63, 3.8) is 0 Å². The van der Waals surface area contributed by atoms with Gasteiger partial charge in [-0.1, -0.05) is 0 Å². The van der Waals surface area contributed by atoms with Crippen LogP contribution >= 0.6 is 0 Å². The maximum atomic E-state index is 4.61. The number of nitrogens with one attached hydrogen (secondary N) is 2. The van der Waals surface area contributed by atoms with E-state index in [-0.39, 0.29) is 0 Å². The minimum absolute atomic E-state index is 0.544. The molecule has 2 aromatic heterocycles. The van der Waals surface area contributed by atoms with Crippen molar-refractivity contribution in [1.29, 1.82) is 0 Å². The van der Waals surface area contributed by atoms with Crippen molar-refractivity contribution >= 4 is 11.6 Å². The van der Waals surface area contributed by atoms with Gasteiger partial charge in [0.25, 0.3) is 0 Å². The molecule has 0 aromatic carbocycles. The lowest BCUT2D eigenvalue weighted by atomic mass is 10.3. The molecule has 0 amide bonds. The molecule has 6 nitrogen and oxygen atoms in total. The Bertz CT molecular complexity index is 587. The van der Waals surface area contributed by atoms with Crippen molar-refractivity contribution in [3.05, 3.63) is 30.1 Å². The standard InChI is InChI=1S/C14H20N6/c1-3-15-11-8-12(19-14(18-11)10-4-5-10)17-9-13-16-6-7-20(13)2/h6-8,10H,3-5,9H2,1-2H3,(H2,15,17,18,19). The zero-order valence-corrected chi connectivity index (χ0v) is 11.9. The monoisotopic (exact) mass is 272 g/mol. The van der Waals surface area contributed by atoms with E-state index in [9.17, 15) is 0 Å². The highest BCUT2D eigenvalue weighted by atomic mass is 15.1. The van der Waals surface area contributed by atoms with E-state index in [2.05, 4.69) is 32.5 Å². The molecule has 0 radical (unpaired) electrons. The summed E-state index contributed by atoms with van der Waals surface area (Å²) >= 11 is 0. The molecule has 0 aliphatic heterocycles. The van der Waals surface area contributed by atoms with Crippen molar-refractivity contribution in [2.45, 2.75) is 32.2 Å². The Morgan fingerprint density at radius 1 is 1.25 bits per heavy atom. The third-order valence-corrected chi connectivity index (χ3v) is 3.39. The quantitative estimate of drug-likeness (QED) is 0.843. The highest BCUT2D eigenvalue weighted by Gasteiger charge is 2.27. The van der Waals surface area contributed by atoms with E-state index < -0.39 is 0 Å². The molecular weight excluding hydrogens is 252 g/mol. The van der Waals surface area contributed by atoms with Crippen LogP contribution in [-0.4, -0.2) is 26.1 Å². The topological polar surface area (TPSA) is 67.7 Å². The first-order valence-corrected chi connectivity index (χ1v) is 7.09. The highest BCUT2D eigenvalue weighted by molar-refractivity contribution is 5.48. The Kier molecular flexibility index (Phi) is 3.54. The van der Waals surface area contributed by atoms with Crippen LogP contribution in [0.4, 0.5) is 11.6 Å². The fraction of sp³-hybridized carbons (Fsp3) is 0.500. The number of aryl methyl sites for hydroxylation is 1. The van der Waals surface area contributed by atoms with Gasteiger partial charge in [-0.25, -0.2) is 15.0 Å². The third kappa shape index (κ3) is 2.89. The summed E-state index contributed by atoms with van der Waals surface area (Å²) in [5, 5.41) is 6.60. The van der Waals surface area contributed by atoms with E-state index in [1.165, 1.54) is 12.8 Å². The van der Waals surface area contributed by atoms with Crippen LogP contribution in [0, 0.1) is 0 Å². The predicted octanol–water partition coefficient (Wildman–Crippen LogP) is 2.13. The number of hydrogen-bond donors (Lipinski definition) is 2. The lowest BCUT2D eigenvalue weighted by molar-refractivity contribution is 0.808. The Balaban J connectivity index is 1.75. The van der Waals surface area contributed by atoms with Crippen molar-refractivity contribution in [3.8, 4) is 0 Å². The lowest BCUT2D eigenvalue weighted by Crippen LogP contribution is -2.10. The molecule has 2 N–H and O–H groups in total. The number of hydrogen-bond acceptors (Lipinski definition) is 5. The van der Waals surface area contributed by atoms with Gasteiger partial charge in [0, 0.05) is 38.0 Å². The van der Waals surface area contributed by atoms with Crippen LogP contribution in [0.15, 0.2) is 18.5 Å². The Hall–Kier alpha value is -2.11. The summed E-state index contributed by atoms with van der Waals surface area (Å²) in [7, 11) is 1.99. The van der Waals surface area contributed by atoms with E-state index in [1.807, 2.05) is 23.9 Å². The molecule has 2 aromatic rings. The first-order chi connectivity index (χ1) is 9.76. The summed E-state index contributed by atoms with van der Waals surface area (Å²) in [5.74, 6) is 4.24. The molecule has 3 rings (SSSR count). The zero-order chi connectivity index (χ0) is 13.9. The fourth-order valence-corrected chi connectivity index (χ4v) is 2.09. The Labute approximate surface area is 118 Å². The first kappa shape index (κ1) is 12.9. The van der Waals surface area contributed by atoms with E-state index in [1.54, 1.807) is 6.20 Å². The number of rotatable bonds is 6. The molecule has 0 saturated heterocycles. The maximum absolute atomic E-state index is 4.61. The van der Waals surface area contributed by atoms with Crippen molar-refractivity contribution < 1.29 is 0 Å². The molecule has 1 aliphatic rings. The second-order valence-corrected chi connectivity index (χ2v) is 5.11. The number of imidazole rings is 1. The number of nitrogens with zero attached hydrogens (tertiary/aromatic N) is 4. The van der Waals surface area contributed by atoms with Gasteiger partial charge in [0.05, 0.1) is 6.54 Å². The van der Waals surface area contributed by atoms with Gasteiger partial charge in [-0.15, -0.1) is 0 Å². The molecule has 1 fully saturated rings. The van der Waals surface area contributed by atoms with Gasteiger partial charge in [0.1, 0.15) is 23.3 Å². The normalized spacial score (nSPS) is 14.3. The van der Waals surface area contributed by atoms with E-state index in [0.29, 0.717) is 12.5 Å². The van der Waals surface area contributed by atoms with E-state index in [4.69, 9.17) is 0 Å². The van der Waals surface area contributed by atoms with Crippen molar-refractivity contribution in [2.24, 2.45) is 7.05 Å². The first-order valence-electron chi connectivity index (χ1n) is 7.09. The minimum atomic E-state index is 0.544. The summed E-state index contributed by atoms with van der Waals surface area (Å²) in [6.45, 7) is 3.59. The van der Waals surface area contributed by atoms with E-state index in [0.717, 1.165) is 29.8 Å². The molecule has 1 saturated carbocycles. The van der Waals surface area contributed by atoms with E-state index >= 15 is 0 Å². The van der Waals surface area contributed by atoms with Crippen LogP contribution in [0.2, 0.25) is 0 Å². The maximum Gasteiger partial charge on any atom is 0.136 e. The van der Waals surface area contributed by atoms with Crippen molar-refractivity contribution in [1.82, 2.24) is 19.5 Å². The van der Waals surface area contributed by atoms with Gasteiger partial charge >= 0.3 is 0 Å². The molecule has 1 aliphatic carbocycles. The molecular formula is C14H20N6. The molecule has 0 atom stereocenters. The molecule has 6 heteroatoms. The number of anilines is 2. The van der Waals surface area contributed by atoms with Gasteiger partial charge in [0.15, 0.2) is 0 Å². The molecule has 0 spiro atoms. The van der Waals surface area contributed by atoms with Crippen LogP contribution in [0.5, 0.6) is 0 Å². The van der Waals surface area contributed by atoms with Gasteiger partial charge in [-0.2, -0.15) is 0 Å². The van der Waals surface area contributed by atoms with Crippen LogP contribution in [-0.2, 0) is 13.6 Å². The lowest BCUT2D eigenvalue weighted by Gasteiger charge is -2.10. The summed E-state index contributed by atoms with van der Waals surface area (Å²) in [5.41, 5.74) is 0. The molecule has 20 heavy (non-hydrogen) atoms. The van der Waals surface area contributed by atoms with Gasteiger partial charge in [0.2, 0.25) is 0 Å². The van der Waals surface area contributed by atoms with Crippen LogP contribution < -0.4 is 10.6 Å². The second kappa shape index (κ2) is 5.48. The predicted molar refractivity (Wildman–Crippen MR) is 78.7 cm³/mol. The van der Waals surface area contributed by atoms with Gasteiger partial charge in [-0.05, 0) is 19.8 Å². The summed E-state index contributed by atoms with van der Waals surface area (Å²) in [6, 6.07) is 1.96. The molecule has 106 valence electrons. The zero-order valence-electron chi connectivity index (χ0n) is 11.9. The van der Waals surface area contributed by atoms with Gasteiger partial charge < -0.3 is 15.2 Å². The number of aromatic nitrogens is 4. The molecule has 0 unspecified atom stereocenters. The van der Waals surface area contributed by atoms with Crippen LogP contribution in [0.1, 0.15) is 37.3 Å². The molecule has 0 bridgehead atoms. The Morgan fingerprint density at radius 2 is 2.00 bits per heavy atom. The summed E-state index contributed by atoms with van der Waals surface area (Å²) < 4.78 is 2.00. The van der Waals surface area contributed by atoms with Crippen molar-refractivity contribution in [2.75, 3.05) is 17.2 Å².